The molecule has 2 aromatic rings. The molecule has 3 rings (SSSR count). The van der Waals surface area contributed by atoms with Gasteiger partial charge in [-0.05, 0) is 48.2 Å². The summed E-state index contributed by atoms with van der Waals surface area (Å²) in [4.78, 5) is 13.2. The van der Waals surface area contributed by atoms with Gasteiger partial charge in [0.1, 0.15) is 6.29 Å². The van der Waals surface area contributed by atoms with Crippen LogP contribution in [0.5, 0.6) is 0 Å². The zero-order chi connectivity index (χ0) is 13.2. The monoisotopic (exact) mass is 265 g/mol. The first kappa shape index (κ1) is 12.0. The Bertz CT molecular complexity index is 700. The van der Waals surface area contributed by atoms with Crippen molar-refractivity contribution in [3.63, 3.8) is 0 Å². The molecule has 2 nitrogen and oxygen atoms in total. The van der Waals surface area contributed by atoms with E-state index in [1.54, 1.807) is 11.8 Å². The van der Waals surface area contributed by atoms with Gasteiger partial charge >= 0.3 is 0 Å². The van der Waals surface area contributed by atoms with E-state index in [2.05, 4.69) is 6.07 Å². The van der Waals surface area contributed by atoms with E-state index in [9.17, 15) is 4.79 Å². The van der Waals surface area contributed by atoms with Crippen LogP contribution in [0.25, 0.3) is 0 Å². The molecule has 0 atom stereocenters. The lowest BCUT2D eigenvalue weighted by molar-refractivity contribution is 0.112. The third kappa shape index (κ3) is 2.27. The SMILES string of the molecule is N#Cc1ccc2c(c1)Sc1ccc(C=O)cc1CC2. The van der Waals surface area contributed by atoms with Gasteiger partial charge in [-0.25, -0.2) is 0 Å². The van der Waals surface area contributed by atoms with Crippen molar-refractivity contribution < 1.29 is 4.79 Å². The molecule has 0 amide bonds. The summed E-state index contributed by atoms with van der Waals surface area (Å²) in [5, 5.41) is 8.97. The molecule has 0 spiro atoms. The van der Waals surface area contributed by atoms with Crippen molar-refractivity contribution in [3.8, 4) is 6.07 Å². The van der Waals surface area contributed by atoms with Crippen molar-refractivity contribution in [1.29, 1.82) is 5.26 Å². The van der Waals surface area contributed by atoms with Crippen LogP contribution in [0.4, 0.5) is 0 Å². The zero-order valence-corrected chi connectivity index (χ0v) is 11.0. The third-order valence-corrected chi connectivity index (χ3v) is 4.52. The van der Waals surface area contributed by atoms with E-state index in [4.69, 9.17) is 5.26 Å². The van der Waals surface area contributed by atoms with Crippen LogP contribution >= 0.6 is 11.8 Å². The molecule has 0 saturated heterocycles. The Morgan fingerprint density at radius 2 is 1.89 bits per heavy atom. The topological polar surface area (TPSA) is 40.9 Å². The number of hydrogen-bond donors (Lipinski definition) is 0. The Hall–Kier alpha value is -2.05. The van der Waals surface area contributed by atoms with Crippen LogP contribution < -0.4 is 0 Å². The van der Waals surface area contributed by atoms with Gasteiger partial charge in [0, 0.05) is 15.4 Å². The maximum atomic E-state index is 10.8. The number of nitrogens with zero attached hydrogens (tertiary/aromatic N) is 1. The lowest BCUT2D eigenvalue weighted by Gasteiger charge is -2.06. The van der Waals surface area contributed by atoms with E-state index in [0.717, 1.165) is 29.6 Å². The summed E-state index contributed by atoms with van der Waals surface area (Å²) >= 11 is 1.69. The number of nitriles is 1. The Labute approximate surface area is 116 Å². The Kier molecular flexibility index (Phi) is 3.10. The van der Waals surface area contributed by atoms with Gasteiger partial charge in [-0.1, -0.05) is 23.9 Å². The van der Waals surface area contributed by atoms with Crippen LogP contribution in [0.3, 0.4) is 0 Å². The van der Waals surface area contributed by atoms with Gasteiger partial charge in [0.05, 0.1) is 11.6 Å². The summed E-state index contributed by atoms with van der Waals surface area (Å²) in [5.74, 6) is 0. The van der Waals surface area contributed by atoms with E-state index >= 15 is 0 Å². The number of fused-ring (bicyclic) bond motifs is 2. The van der Waals surface area contributed by atoms with Gasteiger partial charge in [-0.2, -0.15) is 5.26 Å². The van der Waals surface area contributed by atoms with E-state index < -0.39 is 0 Å². The average Bonchev–Trinajstić information content (AvgIpc) is 2.64. The minimum atomic E-state index is 0.694. The third-order valence-electron chi connectivity index (χ3n) is 3.30. The molecular formula is C16H11NOS. The van der Waals surface area contributed by atoms with E-state index in [1.165, 1.54) is 16.0 Å². The number of aryl methyl sites for hydroxylation is 2. The molecule has 0 radical (unpaired) electrons. The van der Waals surface area contributed by atoms with Crippen molar-refractivity contribution in [2.24, 2.45) is 0 Å². The Balaban J connectivity index is 2.06. The molecule has 0 saturated carbocycles. The van der Waals surface area contributed by atoms with Crippen LogP contribution in [-0.2, 0) is 12.8 Å². The summed E-state index contributed by atoms with van der Waals surface area (Å²) in [6.45, 7) is 0. The van der Waals surface area contributed by atoms with Crippen molar-refractivity contribution >= 4 is 18.0 Å². The standard InChI is InChI=1S/C16H11NOS/c17-9-11-1-3-13-4-5-14-7-12(10-18)2-6-15(14)19-16(13)8-11/h1-3,6-8,10H,4-5H2. The lowest BCUT2D eigenvalue weighted by Crippen LogP contribution is -1.92. The summed E-state index contributed by atoms with van der Waals surface area (Å²) in [7, 11) is 0. The van der Waals surface area contributed by atoms with Gasteiger partial charge in [0.25, 0.3) is 0 Å². The molecule has 0 fully saturated rings. The minimum Gasteiger partial charge on any atom is -0.298 e. The Morgan fingerprint density at radius 3 is 2.68 bits per heavy atom. The second kappa shape index (κ2) is 4.91. The lowest BCUT2D eigenvalue weighted by atomic mass is 10.0. The van der Waals surface area contributed by atoms with Crippen LogP contribution in [-0.4, -0.2) is 6.29 Å². The van der Waals surface area contributed by atoms with Crippen LogP contribution in [0, 0.1) is 11.3 Å². The first-order chi connectivity index (χ1) is 9.30. The molecule has 0 N–H and O–H groups in total. The van der Waals surface area contributed by atoms with Gasteiger partial charge in [-0.3, -0.25) is 4.79 Å². The highest BCUT2D eigenvalue weighted by atomic mass is 32.2. The summed E-state index contributed by atoms with van der Waals surface area (Å²) < 4.78 is 0. The van der Waals surface area contributed by atoms with Crippen molar-refractivity contribution in [2.45, 2.75) is 22.6 Å². The highest BCUT2D eigenvalue weighted by Gasteiger charge is 2.14. The summed E-state index contributed by atoms with van der Waals surface area (Å²) in [6.07, 6.45) is 2.77. The van der Waals surface area contributed by atoms with Gasteiger partial charge in [-0.15, -0.1) is 0 Å². The van der Waals surface area contributed by atoms with Crippen molar-refractivity contribution in [3.05, 3.63) is 58.7 Å². The maximum absolute atomic E-state index is 10.8. The number of carbonyl (C=O) groups excluding carboxylic acids is 1. The highest BCUT2D eigenvalue weighted by Crippen LogP contribution is 2.37. The summed E-state index contributed by atoms with van der Waals surface area (Å²) in [6, 6.07) is 13.8. The molecule has 0 aromatic heterocycles. The van der Waals surface area contributed by atoms with Crippen LogP contribution in [0.1, 0.15) is 27.0 Å². The van der Waals surface area contributed by atoms with Gasteiger partial charge < -0.3 is 0 Å². The zero-order valence-electron chi connectivity index (χ0n) is 10.2. The first-order valence-corrected chi connectivity index (χ1v) is 6.91. The smallest absolute Gasteiger partial charge is 0.150 e. The predicted molar refractivity (Wildman–Crippen MR) is 74.5 cm³/mol. The molecule has 1 aliphatic heterocycles. The summed E-state index contributed by atoms with van der Waals surface area (Å²) in [5.41, 5.74) is 3.90. The predicted octanol–water partition coefficient (Wildman–Crippen LogP) is 3.62. The van der Waals surface area contributed by atoms with Crippen LogP contribution in [0.2, 0.25) is 0 Å². The molecule has 2 aromatic carbocycles. The molecule has 19 heavy (non-hydrogen) atoms. The number of benzene rings is 2. The van der Waals surface area contributed by atoms with Crippen molar-refractivity contribution in [2.75, 3.05) is 0 Å². The second-order valence-electron chi connectivity index (χ2n) is 4.52. The number of hydrogen-bond acceptors (Lipinski definition) is 3. The molecule has 0 bridgehead atoms. The number of carbonyl (C=O) groups is 1. The normalized spacial score (nSPS) is 12.8. The fraction of sp³-hybridized carbons (Fsp3) is 0.125. The number of aldehydes is 1. The molecule has 0 aliphatic carbocycles. The van der Waals surface area contributed by atoms with E-state index in [-0.39, 0.29) is 0 Å². The maximum Gasteiger partial charge on any atom is 0.150 e. The quantitative estimate of drug-likeness (QED) is 0.739. The molecular weight excluding hydrogens is 254 g/mol. The minimum absolute atomic E-state index is 0.694. The molecule has 92 valence electrons. The largest absolute Gasteiger partial charge is 0.298 e. The first-order valence-electron chi connectivity index (χ1n) is 6.09. The fourth-order valence-electron chi connectivity index (χ4n) is 2.28. The van der Waals surface area contributed by atoms with E-state index in [0.29, 0.717) is 5.56 Å². The molecule has 1 aliphatic rings. The second-order valence-corrected chi connectivity index (χ2v) is 5.61. The number of rotatable bonds is 1. The Morgan fingerprint density at radius 1 is 1.05 bits per heavy atom. The van der Waals surface area contributed by atoms with Crippen LogP contribution in [0.15, 0.2) is 46.2 Å². The highest BCUT2D eigenvalue weighted by molar-refractivity contribution is 7.99. The van der Waals surface area contributed by atoms with Crippen molar-refractivity contribution in [1.82, 2.24) is 0 Å². The molecule has 1 heterocycles. The van der Waals surface area contributed by atoms with E-state index in [1.807, 2.05) is 36.4 Å². The van der Waals surface area contributed by atoms with Gasteiger partial charge in [0.2, 0.25) is 0 Å². The molecule has 3 heteroatoms. The van der Waals surface area contributed by atoms with Gasteiger partial charge in [0.15, 0.2) is 0 Å². The fourth-order valence-corrected chi connectivity index (χ4v) is 3.43. The molecule has 0 unspecified atom stereocenters. The average molecular weight is 265 g/mol.